The quantitative estimate of drug-likeness (QED) is 0.777. The van der Waals surface area contributed by atoms with Crippen LogP contribution in [0.15, 0.2) is 18.2 Å². The van der Waals surface area contributed by atoms with Crippen molar-refractivity contribution >= 4 is 0 Å². The molecule has 2 atom stereocenters. The lowest BCUT2D eigenvalue weighted by atomic mass is 9.99. The molecule has 2 nitrogen and oxygen atoms in total. The highest BCUT2D eigenvalue weighted by atomic mass is 19.1. The highest BCUT2D eigenvalue weighted by molar-refractivity contribution is 5.26. The standard InChI is InChI=1S/C11H16FNO/c1-3-10(14)11(13)8-5-4-7(2)6-9(8)12/h4-6,10-11,14H,3,13H2,1-2H3. The van der Waals surface area contributed by atoms with E-state index in [4.69, 9.17) is 5.73 Å². The van der Waals surface area contributed by atoms with Crippen molar-refractivity contribution in [2.75, 3.05) is 0 Å². The van der Waals surface area contributed by atoms with Crippen LogP contribution in [0, 0.1) is 12.7 Å². The number of hydrogen-bond donors (Lipinski definition) is 2. The van der Waals surface area contributed by atoms with E-state index in [-0.39, 0.29) is 5.82 Å². The Morgan fingerprint density at radius 2 is 2.14 bits per heavy atom. The minimum atomic E-state index is -0.688. The largest absolute Gasteiger partial charge is 0.391 e. The van der Waals surface area contributed by atoms with Crippen LogP contribution in [0.5, 0.6) is 0 Å². The fourth-order valence-electron chi connectivity index (χ4n) is 1.36. The number of benzene rings is 1. The average Bonchev–Trinajstić information content (AvgIpc) is 2.15. The molecule has 78 valence electrons. The van der Waals surface area contributed by atoms with E-state index < -0.39 is 12.1 Å². The molecule has 0 aliphatic heterocycles. The topological polar surface area (TPSA) is 46.2 Å². The average molecular weight is 197 g/mol. The fraction of sp³-hybridized carbons (Fsp3) is 0.455. The van der Waals surface area contributed by atoms with Crippen LogP contribution in [0.1, 0.15) is 30.5 Å². The molecule has 0 amide bonds. The summed E-state index contributed by atoms with van der Waals surface area (Å²) in [4.78, 5) is 0. The van der Waals surface area contributed by atoms with E-state index in [9.17, 15) is 9.50 Å². The van der Waals surface area contributed by atoms with Crippen LogP contribution in [0.4, 0.5) is 4.39 Å². The van der Waals surface area contributed by atoms with E-state index >= 15 is 0 Å². The second-order valence-electron chi connectivity index (χ2n) is 3.53. The van der Waals surface area contributed by atoms with Crippen LogP contribution >= 0.6 is 0 Å². The molecule has 0 aliphatic rings. The van der Waals surface area contributed by atoms with Gasteiger partial charge in [-0.3, -0.25) is 0 Å². The minimum Gasteiger partial charge on any atom is -0.391 e. The van der Waals surface area contributed by atoms with E-state index in [1.54, 1.807) is 12.1 Å². The molecule has 0 fully saturated rings. The second kappa shape index (κ2) is 4.53. The molecule has 0 saturated carbocycles. The number of rotatable bonds is 3. The van der Waals surface area contributed by atoms with Gasteiger partial charge in [-0.25, -0.2) is 4.39 Å². The molecule has 0 heterocycles. The Kier molecular flexibility index (Phi) is 3.61. The first kappa shape index (κ1) is 11.1. The van der Waals surface area contributed by atoms with E-state index in [0.29, 0.717) is 12.0 Å². The van der Waals surface area contributed by atoms with Gasteiger partial charge in [-0.2, -0.15) is 0 Å². The van der Waals surface area contributed by atoms with E-state index in [1.807, 2.05) is 13.8 Å². The summed E-state index contributed by atoms with van der Waals surface area (Å²) < 4.78 is 13.4. The Morgan fingerprint density at radius 3 is 2.64 bits per heavy atom. The first-order valence-corrected chi connectivity index (χ1v) is 4.76. The molecule has 1 aromatic carbocycles. The predicted molar refractivity (Wildman–Crippen MR) is 54.4 cm³/mol. The molecule has 0 saturated heterocycles. The molecule has 1 aromatic rings. The summed E-state index contributed by atoms with van der Waals surface area (Å²) in [7, 11) is 0. The molecule has 0 radical (unpaired) electrons. The van der Waals surface area contributed by atoms with Gasteiger partial charge in [0.1, 0.15) is 5.82 Å². The molecule has 0 aliphatic carbocycles. The van der Waals surface area contributed by atoms with Gasteiger partial charge >= 0.3 is 0 Å². The second-order valence-corrected chi connectivity index (χ2v) is 3.53. The number of aryl methyl sites for hydroxylation is 1. The molecule has 3 heteroatoms. The van der Waals surface area contributed by atoms with Gasteiger partial charge in [0.2, 0.25) is 0 Å². The van der Waals surface area contributed by atoms with E-state index in [1.165, 1.54) is 6.07 Å². The van der Waals surface area contributed by atoms with Crippen molar-refractivity contribution in [2.45, 2.75) is 32.4 Å². The summed E-state index contributed by atoms with van der Waals surface area (Å²) >= 11 is 0. The Bertz CT molecular complexity index is 314. The number of aliphatic hydroxyl groups is 1. The van der Waals surface area contributed by atoms with Crippen LogP contribution < -0.4 is 5.73 Å². The predicted octanol–water partition coefficient (Wildman–Crippen LogP) is 1.90. The molecule has 1 rings (SSSR count). The maximum atomic E-state index is 13.4. The first-order chi connectivity index (χ1) is 6.56. The highest BCUT2D eigenvalue weighted by Crippen LogP contribution is 2.20. The number of aliphatic hydroxyl groups excluding tert-OH is 1. The first-order valence-electron chi connectivity index (χ1n) is 4.76. The zero-order valence-electron chi connectivity index (χ0n) is 8.50. The Morgan fingerprint density at radius 1 is 1.50 bits per heavy atom. The highest BCUT2D eigenvalue weighted by Gasteiger charge is 2.18. The minimum absolute atomic E-state index is 0.343. The van der Waals surface area contributed by atoms with Crippen LogP contribution in [0.3, 0.4) is 0 Å². The third-order valence-corrected chi connectivity index (χ3v) is 2.35. The normalized spacial score (nSPS) is 15.2. The molecule has 2 unspecified atom stereocenters. The Hall–Kier alpha value is -0.930. The van der Waals surface area contributed by atoms with Crippen molar-refractivity contribution in [2.24, 2.45) is 5.73 Å². The number of hydrogen-bond acceptors (Lipinski definition) is 2. The lowest BCUT2D eigenvalue weighted by molar-refractivity contribution is 0.139. The monoisotopic (exact) mass is 197 g/mol. The summed E-state index contributed by atoms with van der Waals surface area (Å²) in [5.74, 6) is -0.343. The van der Waals surface area contributed by atoms with Gasteiger partial charge < -0.3 is 10.8 Å². The molecule has 14 heavy (non-hydrogen) atoms. The lowest BCUT2D eigenvalue weighted by Gasteiger charge is -2.18. The van der Waals surface area contributed by atoms with Gasteiger partial charge in [-0.05, 0) is 25.0 Å². The molecular formula is C11H16FNO. The van der Waals surface area contributed by atoms with E-state index in [0.717, 1.165) is 5.56 Å². The summed E-state index contributed by atoms with van der Waals surface area (Å²) in [6.07, 6.45) is -0.165. The Labute approximate surface area is 83.6 Å². The van der Waals surface area contributed by atoms with Crippen LogP contribution in [-0.2, 0) is 0 Å². The van der Waals surface area contributed by atoms with E-state index in [2.05, 4.69) is 0 Å². The van der Waals surface area contributed by atoms with Gasteiger partial charge in [0.15, 0.2) is 0 Å². The number of halogens is 1. The summed E-state index contributed by atoms with van der Waals surface area (Å²) in [5.41, 5.74) is 6.94. The number of nitrogens with two attached hydrogens (primary N) is 1. The summed E-state index contributed by atoms with van der Waals surface area (Å²) in [6, 6.07) is 4.22. The van der Waals surface area contributed by atoms with Crippen molar-refractivity contribution in [1.29, 1.82) is 0 Å². The fourth-order valence-corrected chi connectivity index (χ4v) is 1.36. The maximum absolute atomic E-state index is 13.4. The smallest absolute Gasteiger partial charge is 0.128 e. The van der Waals surface area contributed by atoms with Gasteiger partial charge in [0.05, 0.1) is 12.1 Å². The van der Waals surface area contributed by atoms with Gasteiger partial charge in [-0.15, -0.1) is 0 Å². The lowest BCUT2D eigenvalue weighted by Crippen LogP contribution is -2.26. The third kappa shape index (κ3) is 2.30. The van der Waals surface area contributed by atoms with Crippen molar-refractivity contribution in [3.8, 4) is 0 Å². The van der Waals surface area contributed by atoms with Crippen LogP contribution in [0.2, 0.25) is 0 Å². The third-order valence-electron chi connectivity index (χ3n) is 2.35. The van der Waals surface area contributed by atoms with Crippen LogP contribution in [0.25, 0.3) is 0 Å². The van der Waals surface area contributed by atoms with Crippen molar-refractivity contribution in [3.63, 3.8) is 0 Å². The van der Waals surface area contributed by atoms with Gasteiger partial charge in [-0.1, -0.05) is 19.1 Å². The molecule has 0 spiro atoms. The van der Waals surface area contributed by atoms with Crippen molar-refractivity contribution < 1.29 is 9.50 Å². The van der Waals surface area contributed by atoms with Crippen molar-refractivity contribution in [1.82, 2.24) is 0 Å². The molecule has 3 N–H and O–H groups in total. The van der Waals surface area contributed by atoms with Gasteiger partial charge in [0.25, 0.3) is 0 Å². The zero-order valence-corrected chi connectivity index (χ0v) is 8.50. The summed E-state index contributed by atoms with van der Waals surface area (Å²) in [5, 5.41) is 9.48. The Balaban J connectivity index is 2.95. The molecular weight excluding hydrogens is 181 g/mol. The molecule has 0 bridgehead atoms. The molecule has 0 aromatic heterocycles. The SMILES string of the molecule is CCC(O)C(N)c1ccc(C)cc1F. The van der Waals surface area contributed by atoms with Crippen molar-refractivity contribution in [3.05, 3.63) is 35.1 Å². The maximum Gasteiger partial charge on any atom is 0.128 e. The van der Waals surface area contributed by atoms with Gasteiger partial charge in [0, 0.05) is 5.56 Å². The van der Waals surface area contributed by atoms with Crippen LogP contribution in [-0.4, -0.2) is 11.2 Å². The zero-order chi connectivity index (χ0) is 10.7. The summed E-state index contributed by atoms with van der Waals surface area (Å²) in [6.45, 7) is 3.63.